The highest BCUT2D eigenvalue weighted by atomic mass is 32.2. The van der Waals surface area contributed by atoms with Crippen LogP contribution < -0.4 is 10.1 Å². The van der Waals surface area contributed by atoms with Gasteiger partial charge in [-0.2, -0.15) is 11.8 Å². The highest BCUT2D eigenvalue weighted by Crippen LogP contribution is 2.16. The van der Waals surface area contributed by atoms with Crippen LogP contribution >= 0.6 is 11.8 Å². The fourth-order valence-corrected chi connectivity index (χ4v) is 2.88. The fourth-order valence-electron chi connectivity index (χ4n) is 2.14. The van der Waals surface area contributed by atoms with Gasteiger partial charge in [-0.25, -0.2) is 0 Å². The van der Waals surface area contributed by atoms with Crippen molar-refractivity contribution in [3.63, 3.8) is 0 Å². The summed E-state index contributed by atoms with van der Waals surface area (Å²) in [7, 11) is 3.99. The number of nitrogens with zero attached hydrogens (tertiary/aromatic N) is 2. The van der Waals surface area contributed by atoms with Crippen LogP contribution in [0.3, 0.4) is 0 Å². The molecule has 26 heavy (non-hydrogen) atoms. The monoisotopic (exact) mass is 377 g/mol. The molecule has 0 unspecified atom stereocenters. The average Bonchev–Trinajstić information content (AvgIpc) is 3.01. The van der Waals surface area contributed by atoms with E-state index in [9.17, 15) is 10.1 Å². The molecular formula is C18H23N3O4S. The molecule has 0 atom stereocenters. The lowest BCUT2D eigenvalue weighted by Crippen LogP contribution is -2.21. The number of para-hydroxylation sites is 1. The van der Waals surface area contributed by atoms with Crippen molar-refractivity contribution in [2.24, 2.45) is 0 Å². The number of furan rings is 1. The van der Waals surface area contributed by atoms with Crippen molar-refractivity contribution in [1.82, 2.24) is 10.2 Å². The van der Waals surface area contributed by atoms with Gasteiger partial charge in [0.25, 0.3) is 12.1 Å². The summed E-state index contributed by atoms with van der Waals surface area (Å²) < 4.78 is 11.3. The maximum absolute atomic E-state index is 10.7. The summed E-state index contributed by atoms with van der Waals surface area (Å²) >= 11 is 1.68. The smallest absolute Gasteiger partial charge is 0.294 e. The summed E-state index contributed by atoms with van der Waals surface area (Å²) in [6.45, 7) is 1.32. The number of hydrogen-bond donors (Lipinski definition) is 1. The second kappa shape index (κ2) is 10.5. The number of hydrogen-bond acceptors (Lipinski definition) is 7. The summed E-state index contributed by atoms with van der Waals surface area (Å²) in [6, 6.07) is 12.9. The predicted octanol–water partition coefficient (Wildman–Crippen LogP) is 3.32. The first kappa shape index (κ1) is 19.9. The van der Waals surface area contributed by atoms with E-state index in [1.165, 1.54) is 0 Å². The minimum atomic E-state index is -0.534. The Morgan fingerprint density at radius 2 is 2.00 bits per heavy atom. The van der Waals surface area contributed by atoms with E-state index in [1.807, 2.05) is 44.4 Å². The summed E-state index contributed by atoms with van der Waals surface area (Å²) in [5, 5.41) is 13.7. The molecule has 0 aliphatic heterocycles. The zero-order valence-corrected chi connectivity index (χ0v) is 15.7. The predicted molar refractivity (Wildman–Crippen MR) is 102 cm³/mol. The van der Waals surface area contributed by atoms with Crippen molar-refractivity contribution in [3.8, 4) is 5.75 Å². The van der Waals surface area contributed by atoms with Gasteiger partial charge in [-0.05, 0) is 38.4 Å². The van der Waals surface area contributed by atoms with Gasteiger partial charge >= 0.3 is 0 Å². The van der Waals surface area contributed by atoms with Gasteiger partial charge in [0.2, 0.25) is 0 Å². The van der Waals surface area contributed by atoms with E-state index < -0.39 is 4.92 Å². The molecule has 0 saturated carbocycles. The van der Waals surface area contributed by atoms with Gasteiger partial charge in [0.1, 0.15) is 17.3 Å². The highest BCUT2D eigenvalue weighted by molar-refractivity contribution is 7.98. The largest absolute Gasteiger partial charge is 0.464 e. The minimum Gasteiger partial charge on any atom is -0.464 e. The number of rotatable bonds is 11. The molecule has 8 heteroatoms. The zero-order chi connectivity index (χ0) is 18.8. The SMILES string of the molecule is CN(C)Cc1ccc(CSCCN/C(=C/[N+](=O)[O-])Oc2ccccc2)o1. The van der Waals surface area contributed by atoms with E-state index in [1.54, 1.807) is 23.9 Å². The first-order chi connectivity index (χ1) is 12.5. The Hall–Kier alpha value is -2.45. The van der Waals surface area contributed by atoms with Crippen LogP contribution in [0.15, 0.2) is 59.0 Å². The first-order valence-electron chi connectivity index (χ1n) is 8.15. The molecule has 0 spiro atoms. The molecule has 7 nitrogen and oxygen atoms in total. The summed E-state index contributed by atoms with van der Waals surface area (Å²) in [6.07, 6.45) is 0.831. The lowest BCUT2D eigenvalue weighted by atomic mass is 10.3. The molecule has 0 aliphatic carbocycles. The van der Waals surface area contributed by atoms with Gasteiger partial charge in [-0.1, -0.05) is 18.2 Å². The number of benzene rings is 1. The van der Waals surface area contributed by atoms with Crippen molar-refractivity contribution in [3.05, 3.63) is 76.2 Å². The Morgan fingerprint density at radius 3 is 2.69 bits per heavy atom. The second-order valence-corrected chi connectivity index (χ2v) is 6.88. The van der Waals surface area contributed by atoms with Gasteiger partial charge in [0.05, 0.1) is 17.2 Å². The average molecular weight is 377 g/mol. The molecule has 0 fully saturated rings. The molecule has 1 N–H and O–H groups in total. The quantitative estimate of drug-likeness (QED) is 0.278. The Morgan fingerprint density at radius 1 is 1.27 bits per heavy atom. The normalized spacial score (nSPS) is 11.6. The maximum atomic E-state index is 10.7. The Labute approximate surface area is 157 Å². The summed E-state index contributed by atoms with van der Waals surface area (Å²) in [4.78, 5) is 12.3. The zero-order valence-electron chi connectivity index (χ0n) is 14.9. The van der Waals surface area contributed by atoms with Crippen LogP contribution in [0.2, 0.25) is 0 Å². The molecule has 1 aromatic heterocycles. The summed E-state index contributed by atoms with van der Waals surface area (Å²) in [5.74, 6) is 4.04. The van der Waals surface area contributed by atoms with Crippen molar-refractivity contribution >= 4 is 11.8 Å². The van der Waals surface area contributed by atoms with Gasteiger partial charge < -0.3 is 19.4 Å². The fraction of sp³-hybridized carbons (Fsp3) is 0.333. The van der Waals surface area contributed by atoms with E-state index >= 15 is 0 Å². The van der Waals surface area contributed by atoms with E-state index in [4.69, 9.17) is 9.15 Å². The van der Waals surface area contributed by atoms with Crippen LogP contribution in [-0.2, 0) is 12.3 Å². The maximum Gasteiger partial charge on any atom is 0.294 e. The van der Waals surface area contributed by atoms with Crippen molar-refractivity contribution in [2.75, 3.05) is 26.4 Å². The second-order valence-electron chi connectivity index (χ2n) is 5.78. The van der Waals surface area contributed by atoms with Crippen LogP contribution in [0.5, 0.6) is 5.75 Å². The molecule has 2 aromatic rings. The summed E-state index contributed by atoms with van der Waals surface area (Å²) in [5.41, 5.74) is 0. The first-order valence-corrected chi connectivity index (χ1v) is 9.30. The van der Waals surface area contributed by atoms with E-state index in [0.717, 1.165) is 35.8 Å². The van der Waals surface area contributed by atoms with Crippen LogP contribution in [0.1, 0.15) is 11.5 Å². The molecule has 0 bridgehead atoms. The standard InChI is InChI=1S/C18H23N3O4S/c1-20(2)12-16-8-9-17(24-16)14-26-11-10-19-18(13-21(22)23)25-15-6-4-3-5-7-15/h3-9,13,19H,10-12,14H2,1-2H3/b18-13-. The number of nitrogens with one attached hydrogen (secondary N) is 1. The topological polar surface area (TPSA) is 80.8 Å². The third-order valence-electron chi connectivity index (χ3n) is 3.17. The van der Waals surface area contributed by atoms with Gasteiger partial charge in [0, 0.05) is 12.3 Å². The molecule has 1 heterocycles. The Kier molecular flexibility index (Phi) is 8.04. The third kappa shape index (κ3) is 7.62. The van der Waals surface area contributed by atoms with Crippen molar-refractivity contribution in [1.29, 1.82) is 0 Å². The molecule has 2 rings (SSSR count). The van der Waals surface area contributed by atoms with Gasteiger partial charge in [0.15, 0.2) is 0 Å². The molecule has 0 saturated heterocycles. The number of ether oxygens (including phenoxy) is 1. The molecule has 1 aromatic carbocycles. The van der Waals surface area contributed by atoms with Crippen molar-refractivity contribution in [2.45, 2.75) is 12.3 Å². The van der Waals surface area contributed by atoms with E-state index in [2.05, 4.69) is 10.2 Å². The van der Waals surface area contributed by atoms with E-state index in [-0.39, 0.29) is 5.88 Å². The highest BCUT2D eigenvalue weighted by Gasteiger charge is 2.07. The van der Waals surface area contributed by atoms with Gasteiger partial charge in [-0.15, -0.1) is 0 Å². The third-order valence-corrected chi connectivity index (χ3v) is 4.15. The number of thioether (sulfide) groups is 1. The van der Waals surface area contributed by atoms with Crippen LogP contribution in [-0.4, -0.2) is 36.2 Å². The Balaban J connectivity index is 1.73. The van der Waals surface area contributed by atoms with Crippen LogP contribution in [0.25, 0.3) is 0 Å². The van der Waals surface area contributed by atoms with Crippen LogP contribution in [0, 0.1) is 10.1 Å². The molecule has 0 amide bonds. The van der Waals surface area contributed by atoms with Crippen LogP contribution in [0.4, 0.5) is 0 Å². The van der Waals surface area contributed by atoms with Gasteiger partial charge in [-0.3, -0.25) is 10.1 Å². The molecule has 140 valence electrons. The number of nitro groups is 1. The molecular weight excluding hydrogens is 354 g/mol. The Bertz CT molecular complexity index is 716. The van der Waals surface area contributed by atoms with E-state index in [0.29, 0.717) is 12.3 Å². The molecule has 0 aliphatic rings. The van der Waals surface area contributed by atoms with Crippen molar-refractivity contribution < 1.29 is 14.1 Å². The molecule has 0 radical (unpaired) electrons. The lowest BCUT2D eigenvalue weighted by Gasteiger charge is -2.10. The lowest BCUT2D eigenvalue weighted by molar-refractivity contribution is -0.405. The minimum absolute atomic E-state index is 0.119.